The van der Waals surface area contributed by atoms with Crippen LogP contribution in [0.25, 0.3) is 0 Å². The van der Waals surface area contributed by atoms with Crippen molar-refractivity contribution in [2.45, 2.75) is 56.0 Å². The maximum Gasteiger partial charge on any atom is 0.333 e. The Labute approximate surface area is 180 Å². The second-order valence-corrected chi connectivity index (χ2v) is 9.35. The molecule has 2 N–H and O–H groups in total. The molecule has 1 atom stereocenters. The number of hydrogen-bond acceptors (Lipinski definition) is 6. The number of aryl methyl sites for hydroxylation is 2. The van der Waals surface area contributed by atoms with Gasteiger partial charge in [-0.1, -0.05) is 6.07 Å². The maximum absolute atomic E-state index is 13.0. The highest BCUT2D eigenvalue weighted by Gasteiger charge is 2.32. The lowest BCUT2D eigenvalue weighted by molar-refractivity contribution is 0.0165. The zero-order chi connectivity index (χ0) is 24.3. The van der Waals surface area contributed by atoms with Crippen LogP contribution in [0.3, 0.4) is 0 Å². The van der Waals surface area contributed by atoms with E-state index in [0.29, 0.717) is 5.69 Å². The molecule has 2 heterocycles. The number of nitrogens with zero attached hydrogens (tertiary/aromatic N) is 2. The fourth-order valence-corrected chi connectivity index (χ4v) is 5.49. The number of rotatable bonds is 4. The summed E-state index contributed by atoms with van der Waals surface area (Å²) in [6.45, 7) is -0.876. The highest BCUT2D eigenvalue weighted by Crippen LogP contribution is 2.38. The average Bonchev–Trinajstić information content (AvgIpc) is 3.43. The summed E-state index contributed by atoms with van der Waals surface area (Å²) in [5.74, 6) is -0.196. The average molecular weight is 437 g/mol. The van der Waals surface area contributed by atoms with Crippen LogP contribution in [0.1, 0.15) is 40.6 Å². The number of anilines is 1. The topological polar surface area (TPSA) is 112 Å². The molecule has 30 heavy (non-hydrogen) atoms. The van der Waals surface area contributed by atoms with Gasteiger partial charge in [0.05, 0.1) is 18.2 Å². The van der Waals surface area contributed by atoms with Crippen LogP contribution in [0.5, 0.6) is 5.88 Å². The van der Waals surface area contributed by atoms with Gasteiger partial charge in [-0.05, 0) is 60.8 Å². The minimum absolute atomic E-state index is 0.196. The molecule has 10 heteroatoms. The second-order valence-electron chi connectivity index (χ2n) is 7.69. The van der Waals surface area contributed by atoms with E-state index in [2.05, 4.69) is 16.5 Å². The van der Waals surface area contributed by atoms with Crippen molar-refractivity contribution in [1.82, 2.24) is 14.5 Å². The third-order valence-corrected chi connectivity index (χ3v) is 7.14. The first-order valence-corrected chi connectivity index (χ1v) is 11.3. The molecule has 0 fully saturated rings. The molecule has 3 aliphatic rings. The Balaban J connectivity index is 1.35. The lowest BCUT2D eigenvalue weighted by Crippen LogP contribution is -2.36. The minimum Gasteiger partial charge on any atom is -0.474 e. The van der Waals surface area contributed by atoms with E-state index in [0.717, 1.165) is 60.5 Å². The summed E-state index contributed by atoms with van der Waals surface area (Å²) in [5.41, 5.74) is 5.26. The number of ether oxygens (including phenoxy) is 2. The molecular weight excluding hydrogens is 408 g/mol. The molecule has 1 aliphatic heterocycles. The van der Waals surface area contributed by atoms with E-state index >= 15 is 0 Å². The molecule has 1 unspecified atom stereocenters. The van der Waals surface area contributed by atoms with Gasteiger partial charge in [-0.15, -0.1) is 0 Å². The number of fused-ring (bicyclic) bond motifs is 3. The third kappa shape index (κ3) is 3.24. The summed E-state index contributed by atoms with van der Waals surface area (Å²) >= 11 is 0. The lowest BCUT2D eigenvalue weighted by atomic mass is 9.99. The highest BCUT2D eigenvalue weighted by molar-refractivity contribution is 7.90. The summed E-state index contributed by atoms with van der Waals surface area (Å²) in [4.78, 5) is 12.4. The number of urea groups is 1. The van der Waals surface area contributed by atoms with Gasteiger partial charge in [0, 0.05) is 12.7 Å². The van der Waals surface area contributed by atoms with Crippen molar-refractivity contribution in [2.75, 3.05) is 19.0 Å². The molecule has 5 rings (SSSR count). The van der Waals surface area contributed by atoms with Gasteiger partial charge in [0.2, 0.25) is 5.88 Å². The van der Waals surface area contributed by atoms with Crippen LogP contribution >= 0.6 is 0 Å². The highest BCUT2D eigenvalue weighted by atomic mass is 32.2. The third-order valence-electron chi connectivity index (χ3n) is 5.83. The minimum atomic E-state index is -4.36. The van der Waals surface area contributed by atoms with Crippen LogP contribution < -0.4 is 14.8 Å². The molecule has 1 aromatic carbocycles. The first-order chi connectivity index (χ1) is 15.9. The summed E-state index contributed by atoms with van der Waals surface area (Å²) < 4.78 is 68.8. The summed E-state index contributed by atoms with van der Waals surface area (Å²) in [5, 5.41) is 6.66. The molecule has 0 radical (unpaired) electrons. The predicted octanol–water partition coefficient (Wildman–Crippen LogP) is 1.78. The van der Waals surface area contributed by atoms with Crippen LogP contribution in [-0.4, -0.2) is 44.0 Å². The Kier molecular flexibility index (Phi) is 3.70. The molecule has 2 amide bonds. The summed E-state index contributed by atoms with van der Waals surface area (Å²) in [7, 11) is -7.19. The standard InChI is InChI=1S/C20H24N4O5S/c1-28-14-10-24-19(29-11-14)17(9-21-24)30(26,27)23-20(25)22-18-15-6-2-4-12(15)8-13-5-3-7-16(13)18/h8-9,14H,2-7,10-11H2,1H3,(H2,22,23,25)/i1D3,14D. The molecule has 0 saturated carbocycles. The number of aromatic nitrogens is 2. The van der Waals surface area contributed by atoms with E-state index < -0.39 is 35.8 Å². The molecule has 160 valence electrons. The van der Waals surface area contributed by atoms with Gasteiger partial charge >= 0.3 is 6.03 Å². The van der Waals surface area contributed by atoms with Gasteiger partial charge < -0.3 is 14.8 Å². The van der Waals surface area contributed by atoms with E-state index in [-0.39, 0.29) is 17.3 Å². The quantitative estimate of drug-likeness (QED) is 0.756. The Morgan fingerprint density at radius 2 is 2.03 bits per heavy atom. The van der Waals surface area contributed by atoms with Crippen molar-refractivity contribution in [1.29, 1.82) is 0 Å². The lowest BCUT2D eigenvalue weighted by Gasteiger charge is -2.23. The normalized spacial score (nSPS) is 24.4. The summed E-state index contributed by atoms with van der Waals surface area (Å²) in [6.07, 6.45) is 4.57. The van der Waals surface area contributed by atoms with Crippen LogP contribution in [0.15, 0.2) is 17.2 Å². The molecule has 9 nitrogen and oxygen atoms in total. The molecule has 0 bridgehead atoms. The van der Waals surface area contributed by atoms with Crippen molar-refractivity contribution in [3.63, 3.8) is 0 Å². The second kappa shape index (κ2) is 7.28. The molecule has 2 aromatic rings. The molecule has 0 spiro atoms. The number of carbonyl (C=O) groups is 1. The van der Waals surface area contributed by atoms with Crippen molar-refractivity contribution in [2.24, 2.45) is 0 Å². The number of hydrogen-bond donors (Lipinski definition) is 2. The van der Waals surface area contributed by atoms with Crippen LogP contribution in [0, 0.1) is 0 Å². The fourth-order valence-electron chi connectivity index (χ4n) is 4.51. The van der Waals surface area contributed by atoms with E-state index in [1.165, 1.54) is 11.1 Å². The monoisotopic (exact) mass is 436 g/mol. The van der Waals surface area contributed by atoms with Crippen LogP contribution in [0.2, 0.25) is 0 Å². The van der Waals surface area contributed by atoms with Gasteiger partial charge in [-0.25, -0.2) is 22.6 Å². The van der Waals surface area contributed by atoms with Gasteiger partial charge in [0.25, 0.3) is 10.0 Å². The van der Waals surface area contributed by atoms with Crippen LogP contribution in [0.4, 0.5) is 10.5 Å². The van der Waals surface area contributed by atoms with E-state index in [1.54, 1.807) is 0 Å². The van der Waals surface area contributed by atoms with E-state index in [4.69, 9.17) is 15.0 Å². The Morgan fingerprint density at radius 1 is 1.30 bits per heavy atom. The number of sulfonamides is 1. The molecule has 2 aliphatic carbocycles. The maximum atomic E-state index is 13.0. The van der Waals surface area contributed by atoms with E-state index in [9.17, 15) is 13.2 Å². The molecular formula is C20H24N4O5S. The van der Waals surface area contributed by atoms with Crippen molar-refractivity contribution < 1.29 is 28.2 Å². The first-order valence-electron chi connectivity index (χ1n) is 11.8. The molecule has 1 aromatic heterocycles. The van der Waals surface area contributed by atoms with Crippen molar-refractivity contribution in [3.8, 4) is 5.88 Å². The number of carbonyl (C=O) groups excluding carboxylic acids is 1. The van der Waals surface area contributed by atoms with Gasteiger partial charge in [0.1, 0.15) is 12.7 Å². The number of methoxy groups -OCH3 is 1. The van der Waals surface area contributed by atoms with E-state index in [1.807, 2.05) is 4.72 Å². The predicted molar refractivity (Wildman–Crippen MR) is 108 cm³/mol. The smallest absolute Gasteiger partial charge is 0.333 e. The Morgan fingerprint density at radius 3 is 2.73 bits per heavy atom. The Bertz CT molecular complexity index is 1240. The first kappa shape index (κ1) is 15.2. The number of nitrogens with one attached hydrogen (secondary N) is 2. The zero-order valence-corrected chi connectivity index (χ0v) is 17.0. The number of benzene rings is 1. The fraction of sp³-hybridized carbons (Fsp3) is 0.500. The zero-order valence-electron chi connectivity index (χ0n) is 20.2. The van der Waals surface area contributed by atoms with Crippen molar-refractivity contribution >= 4 is 21.7 Å². The number of amides is 2. The Hall–Kier alpha value is -2.59. The van der Waals surface area contributed by atoms with Gasteiger partial charge in [-0.2, -0.15) is 5.10 Å². The van der Waals surface area contributed by atoms with Gasteiger partial charge in [-0.3, -0.25) is 0 Å². The summed E-state index contributed by atoms with van der Waals surface area (Å²) in [6, 6.07) is 1.33. The van der Waals surface area contributed by atoms with Crippen molar-refractivity contribution in [3.05, 3.63) is 34.5 Å². The largest absolute Gasteiger partial charge is 0.474 e. The van der Waals surface area contributed by atoms with Crippen LogP contribution in [-0.2, 0) is 47.0 Å². The van der Waals surface area contributed by atoms with Gasteiger partial charge in [0.15, 0.2) is 4.90 Å². The SMILES string of the molecule is [2H]C([2H])([2H])OC1([2H])COc2c(S(=O)(=O)NC(=O)Nc3c4c(cc5c3CCC5)CCC4)cnn2C1. The molecule has 0 saturated heterocycles.